The summed E-state index contributed by atoms with van der Waals surface area (Å²) >= 11 is 0. The van der Waals surface area contributed by atoms with Crippen molar-refractivity contribution in [3.05, 3.63) is 76.1 Å². The van der Waals surface area contributed by atoms with Crippen LogP contribution >= 0.6 is 0 Å². The summed E-state index contributed by atoms with van der Waals surface area (Å²) in [6.45, 7) is 0.903. The molecule has 2 aliphatic heterocycles. The van der Waals surface area contributed by atoms with E-state index < -0.39 is 0 Å². The van der Waals surface area contributed by atoms with Crippen molar-refractivity contribution in [2.45, 2.75) is 6.54 Å². The van der Waals surface area contributed by atoms with Crippen LogP contribution in [0.1, 0.15) is 11.1 Å². The van der Waals surface area contributed by atoms with Crippen molar-refractivity contribution in [1.82, 2.24) is 4.90 Å². The lowest BCUT2D eigenvalue weighted by Crippen LogP contribution is -2.35. The second kappa shape index (κ2) is 3.57. The fraction of sp³-hybridized carbons (Fsp3) is 0.0625. The Labute approximate surface area is 105 Å². The summed E-state index contributed by atoms with van der Waals surface area (Å²) < 4.78 is 0. The van der Waals surface area contributed by atoms with Gasteiger partial charge in [-0.05, 0) is 23.3 Å². The molecule has 0 spiro atoms. The lowest BCUT2D eigenvalue weighted by atomic mass is 10.0. The molecule has 0 saturated carbocycles. The van der Waals surface area contributed by atoms with Gasteiger partial charge < -0.3 is 4.90 Å². The zero-order valence-corrected chi connectivity index (χ0v) is 9.88. The fourth-order valence-corrected chi connectivity index (χ4v) is 2.50. The van der Waals surface area contributed by atoms with E-state index in [0.717, 1.165) is 17.7 Å². The first-order chi connectivity index (χ1) is 8.90. The highest BCUT2D eigenvalue weighted by Crippen LogP contribution is 2.25. The molecule has 2 aromatic rings. The molecular weight excluding hydrogens is 220 g/mol. The van der Waals surface area contributed by atoms with Crippen molar-refractivity contribution in [1.29, 1.82) is 0 Å². The van der Waals surface area contributed by atoms with E-state index in [-0.39, 0.29) is 0 Å². The zero-order chi connectivity index (χ0) is 11.9. The van der Waals surface area contributed by atoms with Gasteiger partial charge in [-0.2, -0.15) is 0 Å². The minimum absolute atomic E-state index is 0.903. The van der Waals surface area contributed by atoms with Crippen LogP contribution in [0.2, 0.25) is 0 Å². The third-order valence-electron chi connectivity index (χ3n) is 3.44. The maximum atomic E-state index is 4.72. The molecule has 2 aromatic carbocycles. The summed E-state index contributed by atoms with van der Waals surface area (Å²) in [5.41, 5.74) is 2.63. The van der Waals surface area contributed by atoms with Crippen LogP contribution in [-0.4, -0.2) is 4.90 Å². The van der Waals surface area contributed by atoms with Gasteiger partial charge in [-0.25, -0.2) is 4.99 Å². The second-order valence-electron chi connectivity index (χ2n) is 4.63. The molecule has 2 heteroatoms. The Hall–Kier alpha value is -2.35. The molecule has 2 heterocycles. The van der Waals surface area contributed by atoms with Gasteiger partial charge in [-0.15, -0.1) is 0 Å². The third-order valence-corrected chi connectivity index (χ3v) is 3.44. The molecule has 4 rings (SSSR count). The summed E-state index contributed by atoms with van der Waals surface area (Å²) in [6.07, 6.45) is 4.34. The number of rotatable bonds is 0. The van der Waals surface area contributed by atoms with Crippen LogP contribution in [0.5, 0.6) is 0 Å². The number of fused-ring (bicyclic) bond motifs is 3. The first-order valence-electron chi connectivity index (χ1n) is 6.12. The van der Waals surface area contributed by atoms with E-state index in [1.807, 2.05) is 6.07 Å². The van der Waals surface area contributed by atoms with E-state index >= 15 is 0 Å². The van der Waals surface area contributed by atoms with Crippen LogP contribution in [-0.2, 0) is 6.54 Å². The molecule has 0 fully saturated rings. The summed E-state index contributed by atoms with van der Waals surface area (Å²) in [5.74, 6) is 1.03. The SMILES string of the molecule is C1=C2N=c3ccccc3=CN2Cc2ccccc21. The normalized spacial score (nSPS) is 15.6. The van der Waals surface area contributed by atoms with Crippen LogP contribution in [0.4, 0.5) is 0 Å². The van der Waals surface area contributed by atoms with Gasteiger partial charge in [0.15, 0.2) is 0 Å². The molecule has 0 radical (unpaired) electrons. The molecule has 0 aliphatic carbocycles. The first kappa shape index (κ1) is 9.66. The Morgan fingerprint density at radius 2 is 1.78 bits per heavy atom. The van der Waals surface area contributed by atoms with Gasteiger partial charge in [0.25, 0.3) is 0 Å². The molecule has 0 unspecified atom stereocenters. The van der Waals surface area contributed by atoms with E-state index in [0.29, 0.717) is 0 Å². The molecule has 0 N–H and O–H groups in total. The maximum Gasteiger partial charge on any atom is 0.134 e. The molecule has 0 aromatic heterocycles. The molecule has 0 atom stereocenters. The summed E-state index contributed by atoms with van der Waals surface area (Å²) in [6, 6.07) is 16.7. The fourth-order valence-electron chi connectivity index (χ4n) is 2.50. The van der Waals surface area contributed by atoms with Crippen molar-refractivity contribution < 1.29 is 0 Å². The lowest BCUT2D eigenvalue weighted by molar-refractivity contribution is 0.481. The predicted octanol–water partition coefficient (Wildman–Crippen LogP) is 1.87. The molecule has 86 valence electrons. The Morgan fingerprint density at radius 3 is 2.78 bits per heavy atom. The number of nitrogens with zero attached hydrogens (tertiary/aromatic N) is 2. The van der Waals surface area contributed by atoms with Gasteiger partial charge in [0.05, 0.1) is 5.36 Å². The van der Waals surface area contributed by atoms with Crippen molar-refractivity contribution in [2.75, 3.05) is 0 Å². The average molecular weight is 232 g/mol. The minimum Gasteiger partial charge on any atom is -0.328 e. The standard InChI is InChI=1S/C16H12N2/c1-2-6-13-10-18-11-14-7-3-4-8-15(14)17-16(18)9-12(13)5-1/h1-9,11H,10H2. The predicted molar refractivity (Wildman–Crippen MR) is 71.7 cm³/mol. The van der Waals surface area contributed by atoms with Crippen molar-refractivity contribution in [3.63, 3.8) is 0 Å². The van der Waals surface area contributed by atoms with Crippen LogP contribution in [0, 0.1) is 0 Å². The number of para-hydroxylation sites is 1. The molecule has 0 bridgehead atoms. The smallest absolute Gasteiger partial charge is 0.134 e. The van der Waals surface area contributed by atoms with Crippen molar-refractivity contribution in [2.24, 2.45) is 4.99 Å². The topological polar surface area (TPSA) is 15.6 Å². The second-order valence-corrected chi connectivity index (χ2v) is 4.63. The van der Waals surface area contributed by atoms with E-state index in [4.69, 9.17) is 4.99 Å². The van der Waals surface area contributed by atoms with E-state index in [2.05, 4.69) is 59.6 Å². The lowest BCUT2D eigenvalue weighted by Gasteiger charge is -2.28. The Bertz CT molecular complexity index is 772. The highest BCUT2D eigenvalue weighted by Gasteiger charge is 2.17. The van der Waals surface area contributed by atoms with E-state index in [9.17, 15) is 0 Å². The van der Waals surface area contributed by atoms with Crippen molar-refractivity contribution >= 4 is 12.3 Å². The molecule has 18 heavy (non-hydrogen) atoms. The van der Waals surface area contributed by atoms with E-state index in [1.165, 1.54) is 16.3 Å². The molecule has 2 aliphatic rings. The quantitative estimate of drug-likeness (QED) is 0.677. The summed E-state index contributed by atoms with van der Waals surface area (Å²) in [7, 11) is 0. The largest absolute Gasteiger partial charge is 0.328 e. The Kier molecular flexibility index (Phi) is 1.92. The van der Waals surface area contributed by atoms with Crippen LogP contribution in [0.25, 0.3) is 12.3 Å². The summed E-state index contributed by atoms with van der Waals surface area (Å²) in [4.78, 5) is 6.93. The number of hydrogen-bond acceptors (Lipinski definition) is 2. The van der Waals surface area contributed by atoms with Crippen LogP contribution < -0.4 is 10.6 Å². The monoisotopic (exact) mass is 232 g/mol. The van der Waals surface area contributed by atoms with Crippen LogP contribution in [0.15, 0.2) is 59.3 Å². The maximum absolute atomic E-state index is 4.72. The van der Waals surface area contributed by atoms with Gasteiger partial charge in [-0.1, -0.05) is 42.5 Å². The van der Waals surface area contributed by atoms with Gasteiger partial charge in [0.1, 0.15) is 5.82 Å². The highest BCUT2D eigenvalue weighted by molar-refractivity contribution is 5.60. The van der Waals surface area contributed by atoms with E-state index in [1.54, 1.807) is 0 Å². The highest BCUT2D eigenvalue weighted by atomic mass is 15.2. The minimum atomic E-state index is 0.903. The molecule has 0 saturated heterocycles. The summed E-state index contributed by atoms with van der Waals surface area (Å²) in [5, 5.41) is 2.24. The van der Waals surface area contributed by atoms with Gasteiger partial charge in [0.2, 0.25) is 0 Å². The Balaban J connectivity index is 1.96. The Morgan fingerprint density at radius 1 is 0.944 bits per heavy atom. The third kappa shape index (κ3) is 1.39. The van der Waals surface area contributed by atoms with Crippen molar-refractivity contribution in [3.8, 4) is 0 Å². The zero-order valence-electron chi connectivity index (χ0n) is 9.88. The average Bonchev–Trinajstić information content (AvgIpc) is 2.42. The van der Waals surface area contributed by atoms with Gasteiger partial charge in [0, 0.05) is 18.0 Å². The molecule has 0 amide bonds. The van der Waals surface area contributed by atoms with Crippen LogP contribution in [0.3, 0.4) is 0 Å². The number of hydrogen-bond donors (Lipinski definition) is 0. The number of benzene rings is 2. The molecular formula is C16H12N2. The van der Waals surface area contributed by atoms with Gasteiger partial charge >= 0.3 is 0 Å². The van der Waals surface area contributed by atoms with Gasteiger partial charge in [-0.3, -0.25) is 0 Å². The molecule has 2 nitrogen and oxygen atoms in total. The first-order valence-corrected chi connectivity index (χ1v) is 6.12.